The van der Waals surface area contributed by atoms with Crippen molar-refractivity contribution in [1.29, 1.82) is 0 Å². The quantitative estimate of drug-likeness (QED) is 0.609. The van der Waals surface area contributed by atoms with Crippen molar-refractivity contribution in [3.05, 3.63) is 60.8 Å². The zero-order chi connectivity index (χ0) is 15.6. The molecule has 0 aliphatic carbocycles. The van der Waals surface area contributed by atoms with Gasteiger partial charge >= 0.3 is 0 Å². The third-order valence-corrected chi connectivity index (χ3v) is 3.93. The van der Waals surface area contributed by atoms with Crippen molar-refractivity contribution >= 4 is 11.0 Å². The summed E-state index contributed by atoms with van der Waals surface area (Å²) >= 11 is 0. The van der Waals surface area contributed by atoms with Crippen molar-refractivity contribution in [2.75, 3.05) is 6.61 Å². The summed E-state index contributed by atoms with van der Waals surface area (Å²) in [7, 11) is 0. The van der Waals surface area contributed by atoms with Crippen LogP contribution in [0, 0.1) is 0 Å². The predicted octanol–water partition coefficient (Wildman–Crippen LogP) is 3.09. The summed E-state index contributed by atoms with van der Waals surface area (Å²) in [6, 6.07) is 18.1. The summed E-state index contributed by atoms with van der Waals surface area (Å²) in [5, 5.41) is 16.3. The van der Waals surface area contributed by atoms with Crippen LogP contribution >= 0.6 is 0 Å². The van der Waals surface area contributed by atoms with Crippen molar-refractivity contribution in [2.45, 2.75) is 6.54 Å². The van der Waals surface area contributed by atoms with Gasteiger partial charge in [-0.1, -0.05) is 36.4 Å². The number of H-pyrrole nitrogens is 1. The van der Waals surface area contributed by atoms with Crippen LogP contribution in [0.1, 0.15) is 0 Å². The van der Waals surface area contributed by atoms with Gasteiger partial charge in [0.1, 0.15) is 5.82 Å². The molecule has 2 aromatic carbocycles. The lowest BCUT2D eigenvalue weighted by Crippen LogP contribution is -2.04. The largest absolute Gasteiger partial charge is 0.395 e. The first-order chi connectivity index (χ1) is 11.4. The van der Waals surface area contributed by atoms with Crippen LogP contribution in [0.2, 0.25) is 0 Å². The van der Waals surface area contributed by atoms with Crippen LogP contribution in [0.4, 0.5) is 0 Å². The number of hydrogen-bond acceptors (Lipinski definition) is 3. The summed E-state index contributed by atoms with van der Waals surface area (Å²) in [5.41, 5.74) is 5.07. The zero-order valence-corrected chi connectivity index (χ0v) is 12.5. The molecular formula is C18H16N4O. The number of nitrogens with one attached hydrogen (secondary N) is 1. The summed E-state index contributed by atoms with van der Waals surface area (Å²) in [6.45, 7) is 0.609. The minimum absolute atomic E-state index is 0.0829. The number of aliphatic hydroxyl groups is 1. The van der Waals surface area contributed by atoms with Gasteiger partial charge in [-0.3, -0.25) is 5.10 Å². The maximum atomic E-state index is 9.38. The molecule has 5 heteroatoms. The van der Waals surface area contributed by atoms with E-state index in [0.717, 1.165) is 33.7 Å². The number of benzene rings is 2. The number of imidazole rings is 1. The van der Waals surface area contributed by atoms with E-state index in [9.17, 15) is 5.11 Å². The van der Waals surface area contributed by atoms with Crippen molar-refractivity contribution < 1.29 is 5.11 Å². The van der Waals surface area contributed by atoms with E-state index in [1.807, 2.05) is 54.6 Å². The van der Waals surface area contributed by atoms with E-state index < -0.39 is 0 Å². The van der Waals surface area contributed by atoms with Crippen molar-refractivity contribution in [3.8, 4) is 22.6 Å². The Bertz CT molecular complexity index is 923. The lowest BCUT2D eigenvalue weighted by atomic mass is 10.1. The molecule has 0 saturated heterocycles. The molecule has 5 nitrogen and oxygen atoms in total. The second-order valence-corrected chi connectivity index (χ2v) is 5.35. The van der Waals surface area contributed by atoms with Gasteiger partial charge in [-0.05, 0) is 23.8 Å². The van der Waals surface area contributed by atoms with Gasteiger partial charge in [0.15, 0.2) is 0 Å². The molecule has 2 aromatic heterocycles. The van der Waals surface area contributed by atoms with Gasteiger partial charge in [-0.25, -0.2) is 4.98 Å². The highest BCUT2D eigenvalue weighted by Crippen LogP contribution is 2.26. The first kappa shape index (κ1) is 13.7. The number of hydrogen-bond donors (Lipinski definition) is 2. The van der Waals surface area contributed by atoms with Crippen LogP contribution in [0.3, 0.4) is 0 Å². The molecule has 2 N–H and O–H groups in total. The molecule has 0 bridgehead atoms. The molecule has 0 spiro atoms. The molecule has 4 aromatic rings. The van der Waals surface area contributed by atoms with E-state index in [2.05, 4.69) is 14.8 Å². The van der Waals surface area contributed by atoms with Crippen LogP contribution in [-0.2, 0) is 6.54 Å². The number of aromatic nitrogens is 4. The molecule has 23 heavy (non-hydrogen) atoms. The zero-order valence-electron chi connectivity index (χ0n) is 12.5. The monoisotopic (exact) mass is 304 g/mol. The Hall–Kier alpha value is -2.92. The second kappa shape index (κ2) is 5.70. The maximum Gasteiger partial charge on any atom is 0.141 e. The SMILES string of the molecule is OCCn1c(-c2ccc(-c3ccn[nH]3)cc2)nc2ccccc21. The van der Waals surface area contributed by atoms with E-state index in [4.69, 9.17) is 4.98 Å². The van der Waals surface area contributed by atoms with Crippen LogP contribution in [-0.4, -0.2) is 31.5 Å². The smallest absolute Gasteiger partial charge is 0.141 e. The van der Waals surface area contributed by atoms with E-state index in [1.54, 1.807) is 6.20 Å². The standard InChI is InChI=1S/C18H16N4O/c23-12-11-22-17-4-2-1-3-16(17)20-18(22)14-7-5-13(6-8-14)15-9-10-19-21-15/h1-10,23H,11-12H2,(H,19,21). The number of para-hydroxylation sites is 2. The Kier molecular flexibility index (Phi) is 3.40. The Balaban J connectivity index is 1.80. The fraction of sp³-hybridized carbons (Fsp3) is 0.111. The molecule has 0 amide bonds. The summed E-state index contributed by atoms with van der Waals surface area (Å²) in [4.78, 5) is 4.73. The van der Waals surface area contributed by atoms with Gasteiger partial charge in [0.05, 0.1) is 23.3 Å². The first-order valence-corrected chi connectivity index (χ1v) is 7.53. The molecule has 114 valence electrons. The van der Waals surface area contributed by atoms with Crippen molar-refractivity contribution in [3.63, 3.8) is 0 Å². The Labute approximate surface area is 133 Å². The Morgan fingerprint density at radius 1 is 0.957 bits per heavy atom. The van der Waals surface area contributed by atoms with Gasteiger partial charge in [0.25, 0.3) is 0 Å². The van der Waals surface area contributed by atoms with E-state index in [0.29, 0.717) is 6.54 Å². The Morgan fingerprint density at radius 2 is 1.74 bits per heavy atom. The highest BCUT2D eigenvalue weighted by Gasteiger charge is 2.12. The maximum absolute atomic E-state index is 9.38. The summed E-state index contributed by atoms with van der Waals surface area (Å²) in [6.07, 6.45) is 1.74. The number of aromatic amines is 1. The van der Waals surface area contributed by atoms with E-state index in [-0.39, 0.29) is 6.61 Å². The van der Waals surface area contributed by atoms with Crippen LogP contribution < -0.4 is 0 Å². The number of nitrogens with zero attached hydrogens (tertiary/aromatic N) is 3. The van der Waals surface area contributed by atoms with Gasteiger partial charge in [0, 0.05) is 18.3 Å². The molecule has 0 atom stereocenters. The topological polar surface area (TPSA) is 66.7 Å². The molecule has 4 rings (SSSR count). The number of fused-ring (bicyclic) bond motifs is 1. The molecule has 0 unspecified atom stereocenters. The Morgan fingerprint density at radius 3 is 2.48 bits per heavy atom. The predicted molar refractivity (Wildman–Crippen MR) is 89.8 cm³/mol. The molecule has 0 aliphatic heterocycles. The van der Waals surface area contributed by atoms with Crippen molar-refractivity contribution in [1.82, 2.24) is 19.7 Å². The lowest BCUT2D eigenvalue weighted by Gasteiger charge is -2.08. The third-order valence-electron chi connectivity index (χ3n) is 3.93. The summed E-state index contributed by atoms with van der Waals surface area (Å²) < 4.78 is 2.06. The highest BCUT2D eigenvalue weighted by molar-refractivity contribution is 5.81. The van der Waals surface area contributed by atoms with Crippen molar-refractivity contribution in [2.24, 2.45) is 0 Å². The second-order valence-electron chi connectivity index (χ2n) is 5.35. The molecule has 2 heterocycles. The minimum Gasteiger partial charge on any atom is -0.395 e. The molecule has 0 saturated carbocycles. The number of rotatable bonds is 4. The average Bonchev–Trinajstić information content (AvgIpc) is 3.24. The average molecular weight is 304 g/mol. The van der Waals surface area contributed by atoms with Gasteiger partial charge in [-0.2, -0.15) is 5.10 Å². The van der Waals surface area contributed by atoms with E-state index >= 15 is 0 Å². The summed E-state index contributed by atoms with van der Waals surface area (Å²) in [5.74, 6) is 0.872. The third kappa shape index (κ3) is 2.41. The molecule has 0 fully saturated rings. The molecular weight excluding hydrogens is 288 g/mol. The number of aliphatic hydroxyl groups excluding tert-OH is 1. The van der Waals surface area contributed by atoms with Crippen LogP contribution in [0.25, 0.3) is 33.7 Å². The highest BCUT2D eigenvalue weighted by atomic mass is 16.3. The van der Waals surface area contributed by atoms with Crippen LogP contribution in [0.15, 0.2) is 60.8 Å². The van der Waals surface area contributed by atoms with E-state index in [1.165, 1.54) is 0 Å². The fourth-order valence-corrected chi connectivity index (χ4v) is 2.84. The van der Waals surface area contributed by atoms with Gasteiger partial charge in [0.2, 0.25) is 0 Å². The fourth-order valence-electron chi connectivity index (χ4n) is 2.84. The lowest BCUT2D eigenvalue weighted by molar-refractivity contribution is 0.278. The van der Waals surface area contributed by atoms with Crippen LogP contribution in [0.5, 0.6) is 0 Å². The molecule has 0 radical (unpaired) electrons. The van der Waals surface area contributed by atoms with Gasteiger partial charge < -0.3 is 9.67 Å². The minimum atomic E-state index is 0.0829. The first-order valence-electron chi connectivity index (χ1n) is 7.53. The molecule has 0 aliphatic rings. The normalized spacial score (nSPS) is 11.2. The van der Waals surface area contributed by atoms with Gasteiger partial charge in [-0.15, -0.1) is 0 Å².